The summed E-state index contributed by atoms with van der Waals surface area (Å²) in [4.78, 5) is 16.7. The van der Waals surface area contributed by atoms with Crippen LogP contribution in [-0.4, -0.2) is 9.55 Å². The van der Waals surface area contributed by atoms with Crippen molar-refractivity contribution < 1.29 is 9.13 Å². The molecule has 30 heavy (non-hydrogen) atoms. The number of benzene rings is 1. The second kappa shape index (κ2) is 8.54. The van der Waals surface area contributed by atoms with Gasteiger partial charge in [-0.15, -0.1) is 0 Å². The largest absolute Gasteiger partial charge is 0.487 e. The molecule has 1 atom stereocenters. The third-order valence-corrected chi connectivity index (χ3v) is 5.22. The molecule has 4 rings (SSSR count). The highest BCUT2D eigenvalue weighted by Crippen LogP contribution is 2.27. The highest BCUT2D eigenvalue weighted by atomic mass is 19.1. The molecule has 0 saturated heterocycles. The lowest BCUT2D eigenvalue weighted by Gasteiger charge is -2.19. The minimum atomic E-state index is -0.429. The van der Waals surface area contributed by atoms with Gasteiger partial charge in [0, 0.05) is 29.4 Å². The van der Waals surface area contributed by atoms with Gasteiger partial charge in [-0.3, -0.25) is 9.78 Å². The lowest BCUT2D eigenvalue weighted by molar-refractivity contribution is 0.292. The second-order valence-corrected chi connectivity index (χ2v) is 7.60. The zero-order valence-electron chi connectivity index (χ0n) is 17.1. The Morgan fingerprint density at radius 1 is 1.23 bits per heavy atom. The Kier molecular flexibility index (Phi) is 5.67. The van der Waals surface area contributed by atoms with E-state index in [4.69, 9.17) is 4.74 Å². The van der Waals surface area contributed by atoms with Crippen LogP contribution < -0.4 is 10.3 Å². The number of ether oxygens (including phenoxy) is 1. The van der Waals surface area contributed by atoms with Crippen LogP contribution in [0.5, 0.6) is 5.75 Å². The molecular weight excluding hydrogens is 379 g/mol. The van der Waals surface area contributed by atoms with Gasteiger partial charge in [-0.05, 0) is 62.6 Å². The molecule has 4 nitrogen and oxygen atoms in total. The van der Waals surface area contributed by atoms with Crippen molar-refractivity contribution in [3.8, 4) is 17.6 Å². The van der Waals surface area contributed by atoms with E-state index in [9.17, 15) is 9.18 Å². The van der Waals surface area contributed by atoms with Gasteiger partial charge in [0.15, 0.2) is 0 Å². The van der Waals surface area contributed by atoms with Crippen LogP contribution in [0, 0.1) is 30.5 Å². The average Bonchev–Trinajstić information content (AvgIpc) is 3.56. The van der Waals surface area contributed by atoms with Crippen molar-refractivity contribution in [2.24, 2.45) is 5.92 Å². The lowest BCUT2D eigenvalue weighted by Crippen LogP contribution is -2.25. The number of halogens is 1. The summed E-state index contributed by atoms with van der Waals surface area (Å²) in [5, 5.41) is 0. The standard InChI is InChI=1S/C25H23FN2O2/c1-17-14-22(30-16-24-23(26)4-3-13-27-24)15-25(29)28(17)18(2)21-11-9-20(10-12-21)8-7-19-5-6-19/h3-4,9-15,18-19H,5-6,16H2,1-2H3/t18-/m1/s1. The number of nitrogens with zero attached hydrogens (tertiary/aromatic N) is 2. The first-order valence-corrected chi connectivity index (χ1v) is 10.1. The molecule has 1 fully saturated rings. The summed E-state index contributed by atoms with van der Waals surface area (Å²) < 4.78 is 21.0. The molecule has 1 aliphatic carbocycles. The van der Waals surface area contributed by atoms with Crippen molar-refractivity contribution in [3.05, 3.63) is 93.4 Å². The molecular formula is C25H23FN2O2. The van der Waals surface area contributed by atoms with Crippen LogP contribution in [-0.2, 0) is 6.61 Å². The molecule has 5 heteroatoms. The molecule has 2 aromatic heterocycles. The number of rotatable bonds is 5. The summed E-state index contributed by atoms with van der Waals surface area (Å²) in [5.74, 6) is 7.00. The number of pyridine rings is 2. The number of hydrogen-bond donors (Lipinski definition) is 0. The smallest absolute Gasteiger partial charge is 0.254 e. The molecule has 1 saturated carbocycles. The SMILES string of the molecule is Cc1cc(OCc2ncccc2F)cc(=O)n1[C@H](C)c1ccc(C#CC2CC2)cc1. The molecule has 1 aliphatic rings. The van der Waals surface area contributed by atoms with Gasteiger partial charge < -0.3 is 9.30 Å². The minimum absolute atomic E-state index is 0.0333. The fourth-order valence-electron chi connectivity index (χ4n) is 3.35. The second-order valence-electron chi connectivity index (χ2n) is 7.60. The quantitative estimate of drug-likeness (QED) is 0.584. The van der Waals surface area contributed by atoms with Crippen LogP contribution in [0.1, 0.15) is 48.3 Å². The Morgan fingerprint density at radius 2 is 2.00 bits per heavy atom. The van der Waals surface area contributed by atoms with Gasteiger partial charge in [0.2, 0.25) is 0 Å². The van der Waals surface area contributed by atoms with E-state index in [0.717, 1.165) is 16.8 Å². The molecule has 0 amide bonds. The highest BCUT2D eigenvalue weighted by Gasteiger charge is 2.18. The first-order valence-electron chi connectivity index (χ1n) is 10.1. The zero-order valence-corrected chi connectivity index (χ0v) is 17.1. The maximum absolute atomic E-state index is 13.7. The van der Waals surface area contributed by atoms with Crippen LogP contribution in [0.4, 0.5) is 4.39 Å². The molecule has 1 aromatic carbocycles. The Bertz CT molecular complexity index is 1170. The van der Waals surface area contributed by atoms with E-state index >= 15 is 0 Å². The Balaban J connectivity index is 1.50. The monoisotopic (exact) mass is 402 g/mol. The van der Waals surface area contributed by atoms with Gasteiger partial charge in [-0.25, -0.2) is 4.39 Å². The van der Waals surface area contributed by atoms with E-state index < -0.39 is 5.82 Å². The molecule has 0 bridgehead atoms. The maximum Gasteiger partial charge on any atom is 0.254 e. The third kappa shape index (κ3) is 4.60. The van der Waals surface area contributed by atoms with Crippen molar-refractivity contribution in [3.63, 3.8) is 0 Å². The van der Waals surface area contributed by atoms with E-state index in [2.05, 4.69) is 16.8 Å². The average molecular weight is 402 g/mol. The summed E-state index contributed by atoms with van der Waals surface area (Å²) in [6.07, 6.45) is 3.93. The van der Waals surface area contributed by atoms with E-state index in [1.165, 1.54) is 37.2 Å². The number of hydrogen-bond acceptors (Lipinski definition) is 3. The third-order valence-electron chi connectivity index (χ3n) is 5.22. The van der Waals surface area contributed by atoms with Crippen molar-refractivity contribution in [2.75, 3.05) is 0 Å². The fourth-order valence-corrected chi connectivity index (χ4v) is 3.35. The predicted molar refractivity (Wildman–Crippen MR) is 114 cm³/mol. The van der Waals surface area contributed by atoms with E-state index in [0.29, 0.717) is 11.7 Å². The van der Waals surface area contributed by atoms with Crippen LogP contribution in [0.25, 0.3) is 0 Å². The summed E-state index contributed by atoms with van der Waals surface area (Å²) in [6.45, 7) is 3.82. The summed E-state index contributed by atoms with van der Waals surface area (Å²) in [7, 11) is 0. The predicted octanol–water partition coefficient (Wildman–Crippen LogP) is 4.64. The molecule has 0 spiro atoms. The first kappa shape index (κ1) is 19.9. The molecule has 3 aromatic rings. The van der Waals surface area contributed by atoms with Gasteiger partial charge in [0.05, 0.1) is 6.04 Å². The van der Waals surface area contributed by atoms with Gasteiger partial charge >= 0.3 is 0 Å². The zero-order chi connectivity index (χ0) is 21.1. The van der Waals surface area contributed by atoms with Gasteiger partial charge in [-0.1, -0.05) is 24.0 Å². The maximum atomic E-state index is 13.7. The van der Waals surface area contributed by atoms with Crippen molar-refractivity contribution in [1.82, 2.24) is 9.55 Å². The number of aromatic nitrogens is 2. The van der Waals surface area contributed by atoms with Crippen LogP contribution >= 0.6 is 0 Å². The highest BCUT2D eigenvalue weighted by molar-refractivity contribution is 5.38. The van der Waals surface area contributed by atoms with E-state index in [-0.39, 0.29) is 23.9 Å². The van der Waals surface area contributed by atoms with Crippen LogP contribution in [0.2, 0.25) is 0 Å². The fraction of sp³-hybridized carbons (Fsp3) is 0.280. The van der Waals surface area contributed by atoms with Crippen LogP contribution in [0.15, 0.2) is 59.5 Å². The van der Waals surface area contributed by atoms with E-state index in [1.807, 2.05) is 38.1 Å². The van der Waals surface area contributed by atoms with Crippen LogP contribution in [0.3, 0.4) is 0 Å². The van der Waals surface area contributed by atoms with E-state index in [1.54, 1.807) is 10.6 Å². The Hall–Kier alpha value is -3.39. The first-order chi connectivity index (χ1) is 14.5. The normalized spacial score (nSPS) is 14.0. The molecule has 152 valence electrons. The van der Waals surface area contributed by atoms with Gasteiger partial charge in [0.25, 0.3) is 5.56 Å². The Labute approximate surface area is 175 Å². The van der Waals surface area contributed by atoms with Crippen molar-refractivity contribution >= 4 is 0 Å². The van der Waals surface area contributed by atoms with Gasteiger partial charge in [0.1, 0.15) is 23.9 Å². The molecule has 0 radical (unpaired) electrons. The summed E-state index contributed by atoms with van der Waals surface area (Å²) >= 11 is 0. The minimum Gasteiger partial charge on any atom is -0.487 e. The number of aryl methyl sites for hydroxylation is 1. The molecule has 2 heterocycles. The van der Waals surface area contributed by atoms with Crippen molar-refractivity contribution in [2.45, 2.75) is 39.3 Å². The summed E-state index contributed by atoms with van der Waals surface area (Å²) in [6, 6.07) is 14.0. The molecule has 0 N–H and O–H groups in total. The lowest BCUT2D eigenvalue weighted by atomic mass is 10.1. The topological polar surface area (TPSA) is 44.1 Å². The van der Waals surface area contributed by atoms with Gasteiger partial charge in [-0.2, -0.15) is 0 Å². The molecule has 0 aliphatic heterocycles. The molecule has 0 unspecified atom stereocenters. The van der Waals surface area contributed by atoms with Crippen molar-refractivity contribution in [1.29, 1.82) is 0 Å². The summed E-state index contributed by atoms with van der Waals surface area (Å²) in [5.41, 5.74) is 2.83. The Morgan fingerprint density at radius 3 is 2.67 bits per heavy atom.